The van der Waals surface area contributed by atoms with Crippen molar-refractivity contribution < 1.29 is 28.6 Å². The third-order valence-corrected chi connectivity index (χ3v) is 15.7. The zero-order chi connectivity index (χ0) is 58.5. The molecule has 0 aliphatic heterocycles. The normalized spacial score (nSPS) is 12.5. The minimum absolute atomic E-state index is 0.0947. The van der Waals surface area contributed by atoms with Crippen molar-refractivity contribution in [2.45, 2.75) is 374 Å². The van der Waals surface area contributed by atoms with Gasteiger partial charge in [0.2, 0.25) is 0 Å². The first-order chi connectivity index (χ1) is 40.0. The van der Waals surface area contributed by atoms with E-state index >= 15 is 0 Å². The van der Waals surface area contributed by atoms with E-state index in [9.17, 15) is 14.4 Å². The standard InChI is InChI=1S/C75H134O6/c1-4-7-10-13-16-19-22-25-27-29-31-33-35-36-37-38-40-41-43-45-47-50-53-56-59-62-65-68-74(77)80-71-72(70-79-73(76)67-64-61-58-55-52-49-24-21-18-15-12-9-6-3)81-75(78)69-66-63-60-57-54-51-48-46-44-42-39-34-32-30-28-26-23-20-17-14-11-8-5-2/h9,12,18,21,29-32,49,52,58,61,72H,4-8,10-11,13-17,19-20,22-28,33-48,50-51,53-57,59-60,62-71H2,1-3H3/b12-9-,21-18-,31-29-,32-30-,52-49-,61-58-. The first kappa shape index (κ1) is 77.9. The second kappa shape index (κ2) is 69.3. The molecule has 0 aliphatic carbocycles. The lowest BCUT2D eigenvalue weighted by Gasteiger charge is -2.18. The monoisotopic (exact) mass is 1130 g/mol. The number of carbonyl (C=O) groups is 3. The average molecular weight is 1130 g/mol. The average Bonchev–Trinajstić information content (AvgIpc) is 3.46. The Labute approximate surface area is 503 Å². The van der Waals surface area contributed by atoms with Crippen LogP contribution < -0.4 is 0 Å². The van der Waals surface area contributed by atoms with Crippen molar-refractivity contribution >= 4 is 17.9 Å². The molecule has 0 heterocycles. The maximum absolute atomic E-state index is 12.9. The van der Waals surface area contributed by atoms with Crippen molar-refractivity contribution in [2.75, 3.05) is 13.2 Å². The summed E-state index contributed by atoms with van der Waals surface area (Å²) in [4.78, 5) is 38.4. The fraction of sp³-hybridized carbons (Fsp3) is 0.800. The van der Waals surface area contributed by atoms with Gasteiger partial charge in [-0.05, 0) is 96.3 Å². The molecule has 0 aromatic rings. The smallest absolute Gasteiger partial charge is 0.306 e. The number of hydrogen-bond donors (Lipinski definition) is 0. The Kier molecular flexibility index (Phi) is 66.6. The van der Waals surface area contributed by atoms with Crippen LogP contribution in [-0.2, 0) is 28.6 Å². The molecule has 81 heavy (non-hydrogen) atoms. The maximum atomic E-state index is 12.9. The van der Waals surface area contributed by atoms with Crippen molar-refractivity contribution in [3.05, 3.63) is 72.9 Å². The summed E-state index contributed by atoms with van der Waals surface area (Å²) in [7, 11) is 0. The zero-order valence-corrected chi connectivity index (χ0v) is 54.1. The van der Waals surface area contributed by atoms with Gasteiger partial charge < -0.3 is 14.2 Å². The van der Waals surface area contributed by atoms with Gasteiger partial charge in [0.15, 0.2) is 6.10 Å². The first-order valence-electron chi connectivity index (χ1n) is 35.4. The van der Waals surface area contributed by atoms with Crippen LogP contribution in [0.5, 0.6) is 0 Å². The summed E-state index contributed by atoms with van der Waals surface area (Å²) in [6, 6.07) is 0. The highest BCUT2D eigenvalue weighted by atomic mass is 16.6. The highest BCUT2D eigenvalue weighted by Gasteiger charge is 2.19. The van der Waals surface area contributed by atoms with Gasteiger partial charge in [-0.25, -0.2) is 0 Å². The molecule has 0 bridgehead atoms. The molecule has 1 atom stereocenters. The SMILES string of the molecule is CC/C=C\C/C=C\C/C=C\C/C=C\CCC(=O)OCC(COC(=O)CCCCCCCCCCCCCCCCC/C=C\CCCCCCCCCC)OC(=O)CCCCCCCCCCCCC/C=C\CCCCCCCCCC. The molecule has 0 spiro atoms. The largest absolute Gasteiger partial charge is 0.462 e. The third kappa shape index (κ3) is 67.5. The fourth-order valence-electron chi connectivity index (χ4n) is 10.4. The van der Waals surface area contributed by atoms with Crippen LogP contribution in [-0.4, -0.2) is 37.2 Å². The Bertz CT molecular complexity index is 1490. The van der Waals surface area contributed by atoms with Gasteiger partial charge in [-0.15, -0.1) is 0 Å². The molecule has 470 valence electrons. The highest BCUT2D eigenvalue weighted by molar-refractivity contribution is 5.71. The van der Waals surface area contributed by atoms with Crippen LogP contribution in [0.3, 0.4) is 0 Å². The van der Waals surface area contributed by atoms with E-state index in [2.05, 4.69) is 87.6 Å². The summed E-state index contributed by atoms with van der Waals surface area (Å²) >= 11 is 0. The van der Waals surface area contributed by atoms with Gasteiger partial charge in [-0.1, -0.05) is 325 Å². The molecule has 0 amide bonds. The third-order valence-electron chi connectivity index (χ3n) is 15.7. The van der Waals surface area contributed by atoms with Crippen LogP contribution in [0.15, 0.2) is 72.9 Å². The Balaban J connectivity index is 4.26. The number of esters is 3. The van der Waals surface area contributed by atoms with E-state index in [1.807, 2.05) is 6.08 Å². The summed E-state index contributed by atoms with van der Waals surface area (Å²) in [6.07, 6.45) is 91.0. The number of carbonyl (C=O) groups excluding carboxylic acids is 3. The number of hydrogen-bond acceptors (Lipinski definition) is 6. The molecule has 0 aliphatic rings. The van der Waals surface area contributed by atoms with Crippen molar-refractivity contribution in [2.24, 2.45) is 0 Å². The van der Waals surface area contributed by atoms with E-state index < -0.39 is 6.10 Å². The molecule has 0 rings (SSSR count). The topological polar surface area (TPSA) is 78.9 Å². The molecule has 0 N–H and O–H groups in total. The Morgan fingerprint density at radius 2 is 0.506 bits per heavy atom. The van der Waals surface area contributed by atoms with Gasteiger partial charge in [0, 0.05) is 19.3 Å². The predicted molar refractivity (Wildman–Crippen MR) is 353 cm³/mol. The summed E-state index contributed by atoms with van der Waals surface area (Å²) in [5.74, 6) is -0.962. The van der Waals surface area contributed by atoms with E-state index in [0.29, 0.717) is 19.3 Å². The molecular formula is C75H134O6. The Morgan fingerprint density at radius 3 is 0.827 bits per heavy atom. The molecule has 0 aromatic carbocycles. The van der Waals surface area contributed by atoms with Crippen LogP contribution >= 0.6 is 0 Å². The quantitative estimate of drug-likeness (QED) is 0.0261. The number of unbranched alkanes of at least 4 members (excludes halogenated alkanes) is 42. The number of allylic oxidation sites excluding steroid dienone is 12. The molecular weight excluding hydrogens is 997 g/mol. The lowest BCUT2D eigenvalue weighted by Crippen LogP contribution is -2.30. The summed E-state index contributed by atoms with van der Waals surface area (Å²) in [6.45, 7) is 6.51. The minimum Gasteiger partial charge on any atom is -0.462 e. The van der Waals surface area contributed by atoms with Gasteiger partial charge in [0.1, 0.15) is 13.2 Å². The van der Waals surface area contributed by atoms with Gasteiger partial charge in [-0.3, -0.25) is 14.4 Å². The fourth-order valence-corrected chi connectivity index (χ4v) is 10.4. The summed E-state index contributed by atoms with van der Waals surface area (Å²) < 4.78 is 16.9. The molecule has 0 aromatic heterocycles. The summed E-state index contributed by atoms with van der Waals surface area (Å²) in [5.41, 5.74) is 0. The van der Waals surface area contributed by atoms with Crippen molar-refractivity contribution in [1.29, 1.82) is 0 Å². The molecule has 6 nitrogen and oxygen atoms in total. The molecule has 0 radical (unpaired) electrons. The molecule has 6 heteroatoms. The molecule has 0 fully saturated rings. The minimum atomic E-state index is -0.805. The van der Waals surface area contributed by atoms with Crippen LogP contribution in [0.1, 0.15) is 367 Å². The van der Waals surface area contributed by atoms with E-state index in [4.69, 9.17) is 14.2 Å². The van der Waals surface area contributed by atoms with Crippen LogP contribution in [0.25, 0.3) is 0 Å². The van der Waals surface area contributed by atoms with E-state index in [0.717, 1.165) is 64.2 Å². The summed E-state index contributed by atoms with van der Waals surface area (Å²) in [5, 5.41) is 0. The lowest BCUT2D eigenvalue weighted by molar-refractivity contribution is -0.166. The second-order valence-corrected chi connectivity index (χ2v) is 23.8. The van der Waals surface area contributed by atoms with E-state index in [-0.39, 0.29) is 37.5 Å². The van der Waals surface area contributed by atoms with Crippen molar-refractivity contribution in [3.8, 4) is 0 Å². The van der Waals surface area contributed by atoms with Gasteiger partial charge >= 0.3 is 17.9 Å². The zero-order valence-electron chi connectivity index (χ0n) is 54.1. The van der Waals surface area contributed by atoms with Crippen LogP contribution in [0.4, 0.5) is 0 Å². The first-order valence-corrected chi connectivity index (χ1v) is 35.4. The number of ether oxygens (including phenoxy) is 3. The van der Waals surface area contributed by atoms with E-state index in [1.54, 1.807) is 0 Å². The lowest BCUT2D eigenvalue weighted by atomic mass is 10.0. The van der Waals surface area contributed by atoms with Gasteiger partial charge in [-0.2, -0.15) is 0 Å². The molecule has 0 saturated carbocycles. The van der Waals surface area contributed by atoms with Crippen molar-refractivity contribution in [1.82, 2.24) is 0 Å². The van der Waals surface area contributed by atoms with Crippen LogP contribution in [0.2, 0.25) is 0 Å². The van der Waals surface area contributed by atoms with Crippen LogP contribution in [0, 0.1) is 0 Å². The van der Waals surface area contributed by atoms with Gasteiger partial charge in [0.25, 0.3) is 0 Å². The number of rotatable bonds is 65. The molecule has 1 unspecified atom stereocenters. The Morgan fingerprint density at radius 1 is 0.259 bits per heavy atom. The van der Waals surface area contributed by atoms with E-state index in [1.165, 1.54) is 257 Å². The second-order valence-electron chi connectivity index (χ2n) is 23.8. The maximum Gasteiger partial charge on any atom is 0.306 e. The van der Waals surface area contributed by atoms with Crippen molar-refractivity contribution in [3.63, 3.8) is 0 Å². The molecule has 0 saturated heterocycles. The predicted octanol–water partition coefficient (Wildman–Crippen LogP) is 24.4. The Hall–Kier alpha value is -3.15. The van der Waals surface area contributed by atoms with Gasteiger partial charge in [0.05, 0.1) is 0 Å². The highest BCUT2D eigenvalue weighted by Crippen LogP contribution is 2.18.